The number of alkyl carbamates (subject to hydrolysis) is 1. The number of nitrogens with zero attached hydrogens (tertiary/aromatic N) is 1. The molecule has 1 atom stereocenters. The Bertz CT molecular complexity index is 897. The number of carboxylic acid groups (broad SMARTS) is 1. The molecule has 0 radical (unpaired) electrons. The molecule has 7 heteroatoms. The van der Waals surface area contributed by atoms with Crippen LogP contribution in [0.15, 0.2) is 48.5 Å². The number of aliphatic carboxylic acids is 1. The lowest BCUT2D eigenvalue weighted by molar-refractivity contribution is -0.138. The van der Waals surface area contributed by atoms with Gasteiger partial charge >= 0.3 is 12.1 Å². The molecular weight excluding hydrogens is 384 g/mol. The van der Waals surface area contributed by atoms with Gasteiger partial charge in [-0.1, -0.05) is 48.5 Å². The van der Waals surface area contributed by atoms with Crippen molar-refractivity contribution < 1.29 is 24.2 Å². The summed E-state index contributed by atoms with van der Waals surface area (Å²) in [6, 6.07) is 15.4. The van der Waals surface area contributed by atoms with E-state index in [1.165, 1.54) is 4.90 Å². The van der Waals surface area contributed by atoms with Crippen LogP contribution in [-0.4, -0.2) is 54.2 Å². The van der Waals surface area contributed by atoms with Crippen molar-refractivity contribution in [3.63, 3.8) is 0 Å². The first-order valence-electron chi connectivity index (χ1n) is 9.96. The van der Waals surface area contributed by atoms with Crippen LogP contribution in [0.2, 0.25) is 0 Å². The molecule has 7 nitrogen and oxygen atoms in total. The van der Waals surface area contributed by atoms with E-state index in [1.807, 2.05) is 36.4 Å². The molecular formula is C23H26N2O5. The van der Waals surface area contributed by atoms with Gasteiger partial charge in [0.2, 0.25) is 5.91 Å². The minimum atomic E-state index is -0.902. The number of hydrogen-bond donors (Lipinski definition) is 2. The van der Waals surface area contributed by atoms with E-state index in [2.05, 4.69) is 17.4 Å². The van der Waals surface area contributed by atoms with Gasteiger partial charge in [0.15, 0.2) is 0 Å². The minimum Gasteiger partial charge on any atom is -0.481 e. The van der Waals surface area contributed by atoms with E-state index in [0.717, 1.165) is 22.3 Å². The molecule has 2 aromatic carbocycles. The van der Waals surface area contributed by atoms with Crippen LogP contribution in [0.25, 0.3) is 11.1 Å². The standard InChI is InChI=1S/C23H26N2O5/c1-15(22(28)25(2)13-7-12-21(26)27)24-23(29)30-14-20-18-10-5-3-8-16(18)17-9-4-6-11-19(17)20/h3-6,8-11,15,20H,7,12-14H2,1-2H3,(H,24,29)(H,26,27)/t15-/m1/s1. The second-order valence-electron chi connectivity index (χ2n) is 7.45. The van der Waals surface area contributed by atoms with Gasteiger partial charge in [-0.15, -0.1) is 0 Å². The van der Waals surface area contributed by atoms with Crippen LogP contribution >= 0.6 is 0 Å². The number of benzene rings is 2. The normalized spacial score (nSPS) is 13.1. The van der Waals surface area contributed by atoms with Crippen molar-refractivity contribution in [2.24, 2.45) is 0 Å². The Kier molecular flexibility index (Phi) is 6.72. The molecule has 1 aliphatic rings. The van der Waals surface area contributed by atoms with E-state index in [1.54, 1.807) is 14.0 Å². The highest BCUT2D eigenvalue weighted by atomic mass is 16.5. The van der Waals surface area contributed by atoms with Crippen LogP contribution in [0.5, 0.6) is 0 Å². The third-order valence-corrected chi connectivity index (χ3v) is 5.31. The number of amides is 2. The van der Waals surface area contributed by atoms with Crippen LogP contribution in [-0.2, 0) is 14.3 Å². The molecule has 2 N–H and O–H groups in total. The summed E-state index contributed by atoms with van der Waals surface area (Å²) in [6.07, 6.45) is -0.308. The van der Waals surface area contributed by atoms with Gasteiger partial charge in [0, 0.05) is 25.9 Å². The summed E-state index contributed by atoms with van der Waals surface area (Å²) in [6.45, 7) is 2.06. The van der Waals surface area contributed by atoms with Gasteiger partial charge in [-0.05, 0) is 35.6 Å². The maximum absolute atomic E-state index is 12.4. The van der Waals surface area contributed by atoms with Crippen molar-refractivity contribution in [3.05, 3.63) is 59.7 Å². The fraction of sp³-hybridized carbons (Fsp3) is 0.348. The zero-order chi connectivity index (χ0) is 21.7. The highest BCUT2D eigenvalue weighted by Gasteiger charge is 2.29. The van der Waals surface area contributed by atoms with Gasteiger partial charge in [-0.25, -0.2) is 4.79 Å². The van der Waals surface area contributed by atoms with Gasteiger partial charge < -0.3 is 20.1 Å². The van der Waals surface area contributed by atoms with E-state index < -0.39 is 18.1 Å². The molecule has 1 aliphatic carbocycles. The predicted molar refractivity (Wildman–Crippen MR) is 112 cm³/mol. The maximum Gasteiger partial charge on any atom is 0.407 e. The Hall–Kier alpha value is -3.35. The smallest absolute Gasteiger partial charge is 0.407 e. The third kappa shape index (κ3) is 4.79. The molecule has 0 aliphatic heterocycles. The number of carboxylic acids is 1. The second kappa shape index (κ2) is 9.43. The van der Waals surface area contributed by atoms with Crippen molar-refractivity contribution in [3.8, 4) is 11.1 Å². The number of rotatable bonds is 8. The molecule has 0 aromatic heterocycles. The van der Waals surface area contributed by atoms with Crippen LogP contribution in [0, 0.1) is 0 Å². The highest BCUT2D eigenvalue weighted by molar-refractivity contribution is 5.85. The molecule has 2 amide bonds. The van der Waals surface area contributed by atoms with Crippen molar-refractivity contribution in [2.75, 3.05) is 20.2 Å². The van der Waals surface area contributed by atoms with Crippen LogP contribution < -0.4 is 5.32 Å². The zero-order valence-electron chi connectivity index (χ0n) is 17.1. The Morgan fingerprint density at radius 2 is 1.63 bits per heavy atom. The molecule has 0 bridgehead atoms. The Morgan fingerprint density at radius 3 is 2.20 bits per heavy atom. The molecule has 0 saturated carbocycles. The summed E-state index contributed by atoms with van der Waals surface area (Å²) in [7, 11) is 1.58. The third-order valence-electron chi connectivity index (χ3n) is 5.31. The second-order valence-corrected chi connectivity index (χ2v) is 7.45. The average molecular weight is 410 g/mol. The quantitative estimate of drug-likeness (QED) is 0.697. The summed E-state index contributed by atoms with van der Waals surface area (Å²) in [5.74, 6) is -1.25. The Labute approximate surface area is 175 Å². The summed E-state index contributed by atoms with van der Waals surface area (Å²) >= 11 is 0. The number of hydrogen-bond acceptors (Lipinski definition) is 4. The fourth-order valence-corrected chi connectivity index (χ4v) is 3.79. The van der Waals surface area contributed by atoms with Crippen molar-refractivity contribution >= 4 is 18.0 Å². The molecule has 3 rings (SSSR count). The Balaban J connectivity index is 1.55. The first-order valence-corrected chi connectivity index (χ1v) is 9.96. The summed E-state index contributed by atoms with van der Waals surface area (Å²) < 4.78 is 5.45. The monoisotopic (exact) mass is 410 g/mol. The van der Waals surface area contributed by atoms with Crippen molar-refractivity contribution in [1.82, 2.24) is 10.2 Å². The van der Waals surface area contributed by atoms with E-state index in [-0.39, 0.29) is 24.9 Å². The minimum absolute atomic E-state index is 0.00813. The van der Waals surface area contributed by atoms with Gasteiger partial charge in [-0.2, -0.15) is 0 Å². The van der Waals surface area contributed by atoms with Gasteiger partial charge in [-0.3, -0.25) is 9.59 Å². The number of fused-ring (bicyclic) bond motifs is 3. The molecule has 0 unspecified atom stereocenters. The number of carbonyl (C=O) groups excluding carboxylic acids is 2. The van der Waals surface area contributed by atoms with E-state index in [9.17, 15) is 14.4 Å². The van der Waals surface area contributed by atoms with Crippen LogP contribution in [0.4, 0.5) is 4.79 Å². The fourth-order valence-electron chi connectivity index (χ4n) is 3.79. The lowest BCUT2D eigenvalue weighted by Gasteiger charge is -2.22. The summed E-state index contributed by atoms with van der Waals surface area (Å²) in [5.41, 5.74) is 4.53. The SMILES string of the molecule is C[C@@H](NC(=O)OCC1c2ccccc2-c2ccccc21)C(=O)N(C)CCCC(=O)O. The van der Waals surface area contributed by atoms with E-state index in [0.29, 0.717) is 13.0 Å². The molecule has 0 heterocycles. The number of ether oxygens (including phenoxy) is 1. The lowest BCUT2D eigenvalue weighted by atomic mass is 9.98. The average Bonchev–Trinajstić information content (AvgIpc) is 3.05. The number of likely N-dealkylation sites (N-methyl/N-ethyl adjacent to an activating group) is 1. The molecule has 0 fully saturated rings. The van der Waals surface area contributed by atoms with Crippen LogP contribution in [0.1, 0.15) is 36.8 Å². The van der Waals surface area contributed by atoms with Crippen molar-refractivity contribution in [2.45, 2.75) is 31.7 Å². The molecule has 0 saturated heterocycles. The van der Waals surface area contributed by atoms with E-state index >= 15 is 0 Å². The lowest BCUT2D eigenvalue weighted by Crippen LogP contribution is -2.46. The molecule has 30 heavy (non-hydrogen) atoms. The number of carbonyl (C=O) groups is 3. The zero-order valence-corrected chi connectivity index (χ0v) is 17.1. The maximum atomic E-state index is 12.4. The van der Waals surface area contributed by atoms with Gasteiger partial charge in [0.05, 0.1) is 0 Å². The van der Waals surface area contributed by atoms with Gasteiger partial charge in [0.25, 0.3) is 0 Å². The van der Waals surface area contributed by atoms with E-state index in [4.69, 9.17) is 9.84 Å². The number of nitrogens with one attached hydrogen (secondary N) is 1. The van der Waals surface area contributed by atoms with Gasteiger partial charge in [0.1, 0.15) is 12.6 Å². The topological polar surface area (TPSA) is 95.9 Å². The highest BCUT2D eigenvalue weighted by Crippen LogP contribution is 2.44. The van der Waals surface area contributed by atoms with Crippen LogP contribution in [0.3, 0.4) is 0 Å². The summed E-state index contributed by atoms with van der Waals surface area (Å²) in [5, 5.41) is 11.3. The largest absolute Gasteiger partial charge is 0.481 e. The molecule has 158 valence electrons. The predicted octanol–water partition coefficient (Wildman–Crippen LogP) is 3.24. The first-order chi connectivity index (χ1) is 14.4. The van der Waals surface area contributed by atoms with Crippen molar-refractivity contribution in [1.29, 1.82) is 0 Å². The first kappa shape index (κ1) is 21.4. The Morgan fingerprint density at radius 1 is 1.07 bits per heavy atom. The summed E-state index contributed by atoms with van der Waals surface area (Å²) in [4.78, 5) is 36.6. The molecule has 2 aromatic rings. The molecule has 0 spiro atoms.